The Kier molecular flexibility index (Phi) is 5.29. The average Bonchev–Trinajstić information content (AvgIpc) is 2.82. The number of aliphatic hydroxyl groups is 1. The van der Waals surface area contributed by atoms with Crippen molar-refractivity contribution in [1.82, 2.24) is 9.38 Å². The van der Waals surface area contributed by atoms with Gasteiger partial charge in [-0.3, -0.25) is 0 Å². The number of benzene rings is 1. The summed E-state index contributed by atoms with van der Waals surface area (Å²) in [4.78, 5) is 4.64. The number of pyridine rings is 1. The van der Waals surface area contributed by atoms with E-state index in [1.54, 1.807) is 0 Å². The lowest BCUT2D eigenvalue weighted by atomic mass is 10.0. The highest BCUT2D eigenvalue weighted by Crippen LogP contribution is 2.21. The summed E-state index contributed by atoms with van der Waals surface area (Å²) in [5.74, 6) is 0. The molecule has 1 aromatic carbocycles. The first-order valence-corrected chi connectivity index (χ1v) is 7.48. The zero-order chi connectivity index (χ0) is 15.7. The Morgan fingerprint density at radius 1 is 1.13 bits per heavy atom. The second kappa shape index (κ2) is 7.02. The summed E-state index contributed by atoms with van der Waals surface area (Å²) >= 11 is 0. The number of aryl methyl sites for hydroxylation is 3. The van der Waals surface area contributed by atoms with Crippen LogP contribution in [-0.4, -0.2) is 14.5 Å². The lowest BCUT2D eigenvalue weighted by Crippen LogP contribution is -2.06. The molecule has 2 N–H and O–H groups in total. The zero-order valence-electron chi connectivity index (χ0n) is 13.6. The fraction of sp³-hybridized carbons (Fsp3) is 0.278. The van der Waals surface area contributed by atoms with Gasteiger partial charge in [-0.25, -0.2) is 4.98 Å². The molecule has 3 aromatic rings. The summed E-state index contributed by atoms with van der Waals surface area (Å²) in [5, 5.41) is 13.0. The molecule has 2 heterocycles. The van der Waals surface area contributed by atoms with Gasteiger partial charge in [-0.05, 0) is 49.6 Å². The van der Waals surface area contributed by atoms with E-state index in [1.807, 2.05) is 37.4 Å². The number of anilines is 1. The third-order valence-corrected chi connectivity index (χ3v) is 4.26. The van der Waals surface area contributed by atoms with Crippen molar-refractivity contribution < 1.29 is 5.11 Å². The van der Waals surface area contributed by atoms with E-state index in [9.17, 15) is 5.11 Å². The number of imidazole rings is 1. The Morgan fingerprint density at radius 3 is 2.65 bits per heavy atom. The molecule has 3 rings (SSSR count). The van der Waals surface area contributed by atoms with Crippen molar-refractivity contribution in [3.8, 4) is 0 Å². The Morgan fingerprint density at radius 2 is 1.91 bits per heavy atom. The summed E-state index contributed by atoms with van der Waals surface area (Å²) in [6, 6.07) is 10.1. The molecule has 0 bridgehead atoms. The molecule has 2 aromatic heterocycles. The molecule has 0 spiro atoms. The van der Waals surface area contributed by atoms with E-state index < -0.39 is 0 Å². The number of fused-ring (bicyclic) bond motifs is 1. The van der Waals surface area contributed by atoms with Crippen LogP contribution in [0.25, 0.3) is 5.65 Å². The zero-order valence-corrected chi connectivity index (χ0v) is 14.4. The van der Waals surface area contributed by atoms with Crippen LogP contribution in [0.15, 0.2) is 36.5 Å². The maximum absolute atomic E-state index is 9.51. The number of hydrogen-bond donors (Lipinski definition) is 2. The van der Waals surface area contributed by atoms with Crippen LogP contribution in [0.4, 0.5) is 5.69 Å². The van der Waals surface area contributed by atoms with E-state index in [1.165, 1.54) is 5.56 Å². The molecule has 0 amide bonds. The molecule has 0 aliphatic carbocycles. The first-order valence-electron chi connectivity index (χ1n) is 7.48. The molecule has 0 radical (unpaired) electrons. The number of nitrogens with one attached hydrogen (secondary N) is 1. The van der Waals surface area contributed by atoms with Gasteiger partial charge in [0.25, 0.3) is 0 Å². The predicted octanol–water partition coefficient (Wildman–Crippen LogP) is 3.79. The molecule has 0 unspecified atom stereocenters. The lowest BCUT2D eigenvalue weighted by molar-refractivity contribution is 0.280. The van der Waals surface area contributed by atoms with Gasteiger partial charge in [0.05, 0.1) is 18.0 Å². The molecule has 0 saturated heterocycles. The van der Waals surface area contributed by atoms with Gasteiger partial charge < -0.3 is 14.8 Å². The number of halogens is 1. The van der Waals surface area contributed by atoms with Crippen LogP contribution in [0.2, 0.25) is 0 Å². The monoisotopic (exact) mass is 331 g/mol. The molecule has 0 fully saturated rings. The van der Waals surface area contributed by atoms with E-state index in [0.29, 0.717) is 6.54 Å². The van der Waals surface area contributed by atoms with E-state index in [4.69, 9.17) is 0 Å². The molecular formula is C18H22ClN3O. The van der Waals surface area contributed by atoms with Gasteiger partial charge in [0.2, 0.25) is 0 Å². The second-order valence-corrected chi connectivity index (χ2v) is 5.62. The normalized spacial score (nSPS) is 10.6. The number of nitrogens with zero attached hydrogens (tertiary/aromatic N) is 2. The van der Waals surface area contributed by atoms with E-state index >= 15 is 0 Å². The Balaban J connectivity index is 0.00000192. The Bertz CT molecular complexity index is 826. The summed E-state index contributed by atoms with van der Waals surface area (Å²) in [5.41, 5.74) is 7.44. The highest BCUT2D eigenvalue weighted by molar-refractivity contribution is 5.85. The first kappa shape index (κ1) is 17.3. The lowest BCUT2D eigenvalue weighted by Gasteiger charge is -2.13. The summed E-state index contributed by atoms with van der Waals surface area (Å²) in [6.45, 7) is 6.90. The van der Waals surface area contributed by atoms with Crippen molar-refractivity contribution in [2.75, 3.05) is 5.32 Å². The SMILES string of the molecule is Cc1cccc(CO)c1CNc1cccn2c(C)c(C)nc12.Cl. The van der Waals surface area contributed by atoms with Gasteiger partial charge in [-0.15, -0.1) is 12.4 Å². The third-order valence-electron chi connectivity index (χ3n) is 4.26. The fourth-order valence-corrected chi connectivity index (χ4v) is 2.78. The second-order valence-electron chi connectivity index (χ2n) is 5.62. The van der Waals surface area contributed by atoms with Crippen molar-refractivity contribution in [1.29, 1.82) is 0 Å². The maximum Gasteiger partial charge on any atom is 0.160 e. The first-order chi connectivity index (χ1) is 10.6. The number of aromatic nitrogens is 2. The van der Waals surface area contributed by atoms with Crippen LogP contribution in [0, 0.1) is 20.8 Å². The minimum Gasteiger partial charge on any atom is -0.392 e. The van der Waals surface area contributed by atoms with Crippen molar-refractivity contribution in [3.63, 3.8) is 0 Å². The van der Waals surface area contributed by atoms with Gasteiger partial charge in [0.1, 0.15) is 0 Å². The fourth-order valence-electron chi connectivity index (χ4n) is 2.78. The molecule has 4 nitrogen and oxygen atoms in total. The molecule has 0 aliphatic rings. The summed E-state index contributed by atoms with van der Waals surface area (Å²) < 4.78 is 2.10. The van der Waals surface area contributed by atoms with Gasteiger partial charge in [-0.1, -0.05) is 18.2 Å². The van der Waals surface area contributed by atoms with Crippen molar-refractivity contribution in [2.24, 2.45) is 0 Å². The Labute approximate surface area is 142 Å². The minimum atomic E-state index is 0. The Hall–Kier alpha value is -2.04. The summed E-state index contributed by atoms with van der Waals surface area (Å²) in [7, 11) is 0. The van der Waals surface area contributed by atoms with Crippen molar-refractivity contribution >= 4 is 23.7 Å². The van der Waals surface area contributed by atoms with Crippen LogP contribution in [0.5, 0.6) is 0 Å². The highest BCUT2D eigenvalue weighted by atomic mass is 35.5. The van der Waals surface area contributed by atoms with Gasteiger partial charge >= 0.3 is 0 Å². The third kappa shape index (κ3) is 3.19. The van der Waals surface area contributed by atoms with Gasteiger partial charge in [-0.2, -0.15) is 0 Å². The quantitative estimate of drug-likeness (QED) is 0.764. The van der Waals surface area contributed by atoms with Crippen LogP contribution in [0.3, 0.4) is 0 Å². The predicted molar refractivity (Wildman–Crippen MR) is 96.3 cm³/mol. The highest BCUT2D eigenvalue weighted by Gasteiger charge is 2.09. The van der Waals surface area contributed by atoms with Gasteiger partial charge in [0.15, 0.2) is 5.65 Å². The van der Waals surface area contributed by atoms with Crippen LogP contribution in [-0.2, 0) is 13.2 Å². The van der Waals surface area contributed by atoms with Crippen LogP contribution < -0.4 is 5.32 Å². The van der Waals surface area contributed by atoms with Crippen LogP contribution in [0.1, 0.15) is 28.1 Å². The summed E-state index contributed by atoms with van der Waals surface area (Å²) in [6.07, 6.45) is 2.03. The number of rotatable bonds is 4. The molecular weight excluding hydrogens is 310 g/mol. The average molecular weight is 332 g/mol. The van der Waals surface area contributed by atoms with Crippen molar-refractivity contribution in [3.05, 3.63) is 64.6 Å². The maximum atomic E-state index is 9.51. The standard InChI is InChI=1S/C18H21N3O.ClH/c1-12-6-4-7-15(11-22)16(12)10-19-17-8-5-9-21-14(3)13(2)20-18(17)21;/h4-9,19,22H,10-11H2,1-3H3;1H. The molecule has 0 atom stereocenters. The molecule has 23 heavy (non-hydrogen) atoms. The molecule has 0 saturated carbocycles. The van der Waals surface area contributed by atoms with E-state index in [2.05, 4.69) is 34.6 Å². The smallest absolute Gasteiger partial charge is 0.160 e. The molecule has 0 aliphatic heterocycles. The van der Waals surface area contributed by atoms with E-state index in [0.717, 1.165) is 33.8 Å². The van der Waals surface area contributed by atoms with Gasteiger partial charge in [0, 0.05) is 18.4 Å². The van der Waals surface area contributed by atoms with Crippen LogP contribution >= 0.6 is 12.4 Å². The largest absolute Gasteiger partial charge is 0.392 e. The number of hydrogen-bond acceptors (Lipinski definition) is 3. The topological polar surface area (TPSA) is 49.6 Å². The molecule has 122 valence electrons. The van der Waals surface area contributed by atoms with E-state index in [-0.39, 0.29) is 19.0 Å². The van der Waals surface area contributed by atoms with Crippen molar-refractivity contribution in [2.45, 2.75) is 33.9 Å². The number of aliphatic hydroxyl groups excluding tert-OH is 1. The molecule has 5 heteroatoms. The minimum absolute atomic E-state index is 0.